The Labute approximate surface area is 169 Å². The summed E-state index contributed by atoms with van der Waals surface area (Å²) < 4.78 is 0. The minimum absolute atomic E-state index is 0.0159. The van der Waals surface area contributed by atoms with Crippen molar-refractivity contribution in [1.29, 1.82) is 0 Å². The molecule has 0 radical (unpaired) electrons. The van der Waals surface area contributed by atoms with Gasteiger partial charge in [0.25, 0.3) is 0 Å². The van der Waals surface area contributed by atoms with Gasteiger partial charge in [0.05, 0.1) is 24.9 Å². The molecule has 2 heterocycles. The van der Waals surface area contributed by atoms with Crippen molar-refractivity contribution in [3.8, 4) is 11.8 Å². The van der Waals surface area contributed by atoms with Crippen molar-refractivity contribution in [1.82, 2.24) is 14.7 Å². The first-order valence-electron chi connectivity index (χ1n) is 11.1. The maximum Gasteiger partial charge on any atom is 0.234 e. The van der Waals surface area contributed by atoms with E-state index in [9.17, 15) is 9.59 Å². The van der Waals surface area contributed by atoms with E-state index in [1.54, 1.807) is 0 Å². The fourth-order valence-electron chi connectivity index (χ4n) is 5.30. The summed E-state index contributed by atoms with van der Waals surface area (Å²) in [6, 6.07) is 0.802. The van der Waals surface area contributed by atoms with Crippen LogP contribution in [0.3, 0.4) is 0 Å². The second kappa shape index (κ2) is 8.80. The van der Waals surface area contributed by atoms with E-state index in [0.29, 0.717) is 6.42 Å². The van der Waals surface area contributed by atoms with E-state index in [1.807, 2.05) is 6.92 Å². The van der Waals surface area contributed by atoms with Crippen LogP contribution in [0.5, 0.6) is 0 Å². The average molecular weight is 384 g/mol. The summed E-state index contributed by atoms with van der Waals surface area (Å²) in [6.45, 7) is 7.47. The molecule has 2 aliphatic carbocycles. The van der Waals surface area contributed by atoms with Crippen LogP contribution < -0.4 is 0 Å². The van der Waals surface area contributed by atoms with Crippen molar-refractivity contribution in [3.05, 3.63) is 11.6 Å². The Kier molecular flexibility index (Phi) is 6.18. The quantitative estimate of drug-likeness (QED) is 0.426. The van der Waals surface area contributed by atoms with Gasteiger partial charge in [0.2, 0.25) is 11.8 Å². The zero-order valence-electron chi connectivity index (χ0n) is 17.2. The van der Waals surface area contributed by atoms with Crippen LogP contribution in [0.4, 0.5) is 0 Å². The molecule has 0 N–H and O–H groups in total. The van der Waals surface area contributed by atoms with Crippen LogP contribution in [0.15, 0.2) is 11.6 Å². The average Bonchev–Trinajstić information content (AvgIpc) is 2.96. The molecule has 28 heavy (non-hydrogen) atoms. The Morgan fingerprint density at radius 1 is 0.929 bits per heavy atom. The van der Waals surface area contributed by atoms with Crippen LogP contribution in [0.25, 0.3) is 0 Å². The van der Waals surface area contributed by atoms with E-state index in [-0.39, 0.29) is 30.2 Å². The summed E-state index contributed by atoms with van der Waals surface area (Å²) >= 11 is 0. The van der Waals surface area contributed by atoms with Crippen LogP contribution in [0.1, 0.15) is 51.9 Å². The Morgan fingerprint density at radius 2 is 1.61 bits per heavy atom. The summed E-state index contributed by atoms with van der Waals surface area (Å²) in [7, 11) is 0. The molecule has 0 aromatic carbocycles. The normalized spacial score (nSPS) is 30.0. The second-order valence-electron chi connectivity index (χ2n) is 8.92. The van der Waals surface area contributed by atoms with Crippen LogP contribution in [0, 0.1) is 23.7 Å². The molecule has 0 spiro atoms. The maximum absolute atomic E-state index is 12.6. The number of allylic oxidation sites excluding steroid dienone is 2. The zero-order valence-corrected chi connectivity index (χ0v) is 17.2. The van der Waals surface area contributed by atoms with Gasteiger partial charge in [0.15, 0.2) is 0 Å². The molecule has 5 nitrogen and oxygen atoms in total. The van der Waals surface area contributed by atoms with E-state index in [1.165, 1.54) is 42.6 Å². The summed E-state index contributed by atoms with van der Waals surface area (Å²) in [5.41, 5.74) is 1.22. The Bertz CT molecular complexity index is 690. The topological polar surface area (TPSA) is 43.9 Å². The predicted molar refractivity (Wildman–Crippen MR) is 109 cm³/mol. The lowest BCUT2D eigenvalue weighted by atomic mass is 9.82. The molecule has 5 heteroatoms. The first-order chi connectivity index (χ1) is 13.6. The number of hydrogen-bond acceptors (Lipinski definition) is 4. The molecule has 2 saturated heterocycles. The lowest BCUT2D eigenvalue weighted by Crippen LogP contribution is -2.50. The highest BCUT2D eigenvalue weighted by atomic mass is 16.2. The molecular weight excluding hydrogens is 350 g/mol. The SMILES string of the molecule is CC1=CCC2C(=O)N(CC#CCN3CCN(C4CCCCC4)CC3)C(=O)C2C1. The number of hydrogen-bond donors (Lipinski definition) is 0. The van der Waals surface area contributed by atoms with Gasteiger partial charge in [-0.2, -0.15) is 0 Å². The van der Waals surface area contributed by atoms with Crippen LogP contribution in [0.2, 0.25) is 0 Å². The first kappa shape index (κ1) is 19.7. The molecule has 2 unspecified atom stereocenters. The maximum atomic E-state index is 12.6. The molecule has 4 aliphatic rings. The third-order valence-electron chi connectivity index (χ3n) is 7.08. The molecular formula is C23H33N3O2. The minimum Gasteiger partial charge on any atom is -0.298 e. The van der Waals surface area contributed by atoms with Crippen molar-refractivity contribution < 1.29 is 9.59 Å². The number of rotatable bonds is 3. The number of amides is 2. The summed E-state index contributed by atoms with van der Waals surface area (Å²) in [6.07, 6.45) is 10.5. The van der Waals surface area contributed by atoms with Gasteiger partial charge in [-0.3, -0.25) is 24.3 Å². The second-order valence-corrected chi connectivity index (χ2v) is 8.92. The Balaban J connectivity index is 1.22. The molecule has 4 rings (SSSR count). The number of carbonyl (C=O) groups excluding carboxylic acids is 2. The lowest BCUT2D eigenvalue weighted by molar-refractivity contribution is -0.139. The molecule has 152 valence electrons. The van der Waals surface area contributed by atoms with Crippen molar-refractivity contribution in [2.75, 3.05) is 39.3 Å². The fraction of sp³-hybridized carbons (Fsp3) is 0.739. The van der Waals surface area contributed by atoms with Gasteiger partial charge >= 0.3 is 0 Å². The highest BCUT2D eigenvalue weighted by Crippen LogP contribution is 2.37. The number of fused-ring (bicyclic) bond motifs is 1. The third kappa shape index (κ3) is 4.18. The van der Waals surface area contributed by atoms with Crippen LogP contribution in [-0.4, -0.2) is 71.8 Å². The highest BCUT2D eigenvalue weighted by molar-refractivity contribution is 6.05. The summed E-state index contributed by atoms with van der Waals surface area (Å²) in [4.78, 5) is 31.6. The lowest BCUT2D eigenvalue weighted by Gasteiger charge is -2.40. The van der Waals surface area contributed by atoms with Crippen molar-refractivity contribution in [2.24, 2.45) is 11.8 Å². The van der Waals surface area contributed by atoms with Gasteiger partial charge in [0, 0.05) is 32.2 Å². The van der Waals surface area contributed by atoms with E-state index in [0.717, 1.165) is 45.2 Å². The van der Waals surface area contributed by atoms with Gasteiger partial charge in [-0.05, 0) is 32.6 Å². The third-order valence-corrected chi connectivity index (χ3v) is 7.08. The fourth-order valence-corrected chi connectivity index (χ4v) is 5.30. The molecule has 0 aromatic rings. The summed E-state index contributed by atoms with van der Waals surface area (Å²) in [5.74, 6) is 5.97. The van der Waals surface area contributed by atoms with E-state index in [2.05, 4.69) is 27.7 Å². The Hall–Kier alpha value is -1.64. The number of likely N-dealkylation sites (tertiary alicyclic amines) is 1. The summed E-state index contributed by atoms with van der Waals surface area (Å²) in [5, 5.41) is 0. The molecule has 0 aromatic heterocycles. The number of imide groups is 1. The van der Waals surface area contributed by atoms with E-state index < -0.39 is 0 Å². The van der Waals surface area contributed by atoms with Gasteiger partial charge < -0.3 is 0 Å². The number of carbonyl (C=O) groups is 2. The Morgan fingerprint density at radius 3 is 2.36 bits per heavy atom. The number of nitrogens with zero attached hydrogens (tertiary/aromatic N) is 3. The molecule has 1 saturated carbocycles. The first-order valence-corrected chi connectivity index (χ1v) is 11.1. The minimum atomic E-state index is -0.147. The molecule has 0 bridgehead atoms. The van der Waals surface area contributed by atoms with Crippen LogP contribution >= 0.6 is 0 Å². The van der Waals surface area contributed by atoms with Crippen molar-refractivity contribution >= 4 is 11.8 Å². The monoisotopic (exact) mass is 383 g/mol. The van der Waals surface area contributed by atoms with Gasteiger partial charge in [-0.25, -0.2) is 0 Å². The van der Waals surface area contributed by atoms with Gasteiger partial charge in [-0.1, -0.05) is 42.8 Å². The molecule has 3 fully saturated rings. The predicted octanol–water partition coefficient (Wildman–Crippen LogP) is 2.28. The van der Waals surface area contributed by atoms with E-state index in [4.69, 9.17) is 0 Å². The van der Waals surface area contributed by atoms with Gasteiger partial charge in [-0.15, -0.1) is 0 Å². The largest absolute Gasteiger partial charge is 0.298 e. The number of piperazine rings is 1. The van der Waals surface area contributed by atoms with E-state index >= 15 is 0 Å². The van der Waals surface area contributed by atoms with Crippen molar-refractivity contribution in [3.63, 3.8) is 0 Å². The molecule has 2 aliphatic heterocycles. The molecule has 2 amide bonds. The smallest absolute Gasteiger partial charge is 0.234 e. The standard InChI is InChI=1S/C23H33N3O2/c1-18-9-10-20-21(17-18)23(28)26(22(20)27)12-6-5-11-24-13-15-25(16-14-24)19-7-3-2-4-8-19/h9,19-21H,2-4,7-8,10-17H2,1H3. The van der Waals surface area contributed by atoms with Crippen LogP contribution in [-0.2, 0) is 9.59 Å². The zero-order chi connectivity index (χ0) is 19.5. The van der Waals surface area contributed by atoms with Crippen molar-refractivity contribution in [2.45, 2.75) is 57.9 Å². The molecule has 2 atom stereocenters. The van der Waals surface area contributed by atoms with Gasteiger partial charge in [0.1, 0.15) is 0 Å². The highest BCUT2D eigenvalue weighted by Gasteiger charge is 2.47.